The molecule has 4 rings (SSSR count). The third-order valence-corrected chi connectivity index (χ3v) is 4.44. The van der Waals surface area contributed by atoms with Crippen molar-refractivity contribution in [3.8, 4) is 22.7 Å². The first-order valence-electron chi connectivity index (χ1n) is 9.48. The number of carbonyl (C=O) groups excluding carboxylic acids is 1. The van der Waals surface area contributed by atoms with Crippen molar-refractivity contribution in [3.63, 3.8) is 0 Å². The van der Waals surface area contributed by atoms with Crippen molar-refractivity contribution >= 4 is 5.91 Å². The molecule has 3 heterocycles. The smallest absolute Gasteiger partial charge is 0.252 e. The predicted octanol–water partition coefficient (Wildman–Crippen LogP) is 3.13. The molecule has 0 bridgehead atoms. The van der Waals surface area contributed by atoms with Crippen LogP contribution in [0.1, 0.15) is 23.2 Å². The Morgan fingerprint density at radius 1 is 1.17 bits per heavy atom. The van der Waals surface area contributed by atoms with E-state index in [1.165, 1.54) is 18.3 Å². The summed E-state index contributed by atoms with van der Waals surface area (Å²) in [5.41, 5.74) is 2.41. The minimum atomic E-state index is -0.334. The van der Waals surface area contributed by atoms with Gasteiger partial charge in [0.2, 0.25) is 5.89 Å². The molecule has 4 aromatic rings. The normalized spacial score (nSPS) is 10.9. The molecular formula is C21H19FN6O2. The van der Waals surface area contributed by atoms with Crippen molar-refractivity contribution in [2.75, 3.05) is 6.54 Å². The van der Waals surface area contributed by atoms with E-state index in [9.17, 15) is 9.18 Å². The molecule has 0 aliphatic rings. The van der Waals surface area contributed by atoms with Crippen LogP contribution >= 0.6 is 0 Å². The molecule has 0 fully saturated rings. The number of nitrogens with zero attached hydrogens (tertiary/aromatic N) is 5. The number of pyridine rings is 1. The van der Waals surface area contributed by atoms with Crippen LogP contribution in [0.25, 0.3) is 22.7 Å². The zero-order valence-electron chi connectivity index (χ0n) is 16.2. The summed E-state index contributed by atoms with van der Waals surface area (Å²) in [5.74, 6) is 0.221. The topological polar surface area (TPSA) is 98.7 Å². The van der Waals surface area contributed by atoms with Gasteiger partial charge in [0.05, 0.1) is 23.0 Å². The number of halogens is 1. The van der Waals surface area contributed by atoms with Crippen LogP contribution in [0.3, 0.4) is 0 Å². The molecule has 1 amide bonds. The van der Waals surface area contributed by atoms with Crippen LogP contribution in [0, 0.1) is 5.82 Å². The standard InChI is InChI=1S/C21H19FN6O2/c1-2-28-13-16(12-25-28)21-27-26-19(30-21)8-9-23-20(29)15-6-7-18(24-11-15)14-4-3-5-17(22)10-14/h3-7,10-13H,2,8-9H2,1H3,(H,23,29). The molecule has 3 aromatic heterocycles. The molecule has 0 saturated heterocycles. The van der Waals surface area contributed by atoms with Crippen LogP contribution in [-0.2, 0) is 13.0 Å². The summed E-state index contributed by atoms with van der Waals surface area (Å²) in [5, 5.41) is 15.0. The van der Waals surface area contributed by atoms with E-state index in [1.54, 1.807) is 35.1 Å². The Morgan fingerprint density at radius 3 is 2.80 bits per heavy atom. The minimum Gasteiger partial charge on any atom is -0.421 e. The summed E-state index contributed by atoms with van der Waals surface area (Å²) in [4.78, 5) is 16.6. The number of hydrogen-bond donors (Lipinski definition) is 1. The molecule has 0 aliphatic carbocycles. The lowest BCUT2D eigenvalue weighted by atomic mass is 10.1. The number of hydrogen-bond acceptors (Lipinski definition) is 6. The molecule has 1 N–H and O–H groups in total. The Balaban J connectivity index is 1.32. The molecule has 152 valence electrons. The number of aryl methyl sites for hydroxylation is 1. The monoisotopic (exact) mass is 406 g/mol. The highest BCUT2D eigenvalue weighted by atomic mass is 19.1. The van der Waals surface area contributed by atoms with Gasteiger partial charge in [-0.25, -0.2) is 4.39 Å². The second kappa shape index (κ2) is 8.64. The van der Waals surface area contributed by atoms with Crippen LogP contribution in [0.2, 0.25) is 0 Å². The molecule has 30 heavy (non-hydrogen) atoms. The van der Waals surface area contributed by atoms with Crippen molar-refractivity contribution < 1.29 is 13.6 Å². The van der Waals surface area contributed by atoms with Crippen molar-refractivity contribution in [3.05, 3.63) is 72.3 Å². The third-order valence-electron chi connectivity index (χ3n) is 4.44. The second-order valence-electron chi connectivity index (χ2n) is 6.53. The third kappa shape index (κ3) is 4.40. The van der Waals surface area contributed by atoms with Gasteiger partial charge in [-0.05, 0) is 31.2 Å². The van der Waals surface area contributed by atoms with Gasteiger partial charge < -0.3 is 9.73 Å². The highest BCUT2D eigenvalue weighted by Gasteiger charge is 2.12. The number of carbonyl (C=O) groups is 1. The summed E-state index contributed by atoms with van der Waals surface area (Å²) in [6.07, 6.45) is 5.36. The van der Waals surface area contributed by atoms with Gasteiger partial charge in [-0.15, -0.1) is 10.2 Å². The summed E-state index contributed by atoms with van der Waals surface area (Å²) in [6, 6.07) is 9.48. The quantitative estimate of drug-likeness (QED) is 0.506. The maximum absolute atomic E-state index is 13.3. The van der Waals surface area contributed by atoms with Gasteiger partial charge >= 0.3 is 0 Å². The largest absolute Gasteiger partial charge is 0.421 e. The van der Waals surface area contributed by atoms with E-state index in [2.05, 4.69) is 25.6 Å². The second-order valence-corrected chi connectivity index (χ2v) is 6.53. The minimum absolute atomic E-state index is 0.266. The lowest BCUT2D eigenvalue weighted by Crippen LogP contribution is -2.25. The van der Waals surface area contributed by atoms with E-state index in [4.69, 9.17) is 4.42 Å². The molecule has 9 heteroatoms. The van der Waals surface area contributed by atoms with Gasteiger partial charge in [0.25, 0.3) is 11.8 Å². The molecule has 0 radical (unpaired) electrons. The Hall–Kier alpha value is -3.88. The maximum Gasteiger partial charge on any atom is 0.252 e. The molecule has 0 unspecified atom stereocenters. The summed E-state index contributed by atoms with van der Waals surface area (Å²) < 4.78 is 20.7. The molecular weight excluding hydrogens is 387 g/mol. The number of benzene rings is 1. The van der Waals surface area contributed by atoms with Gasteiger partial charge in [0.15, 0.2) is 0 Å². The van der Waals surface area contributed by atoms with Crippen molar-refractivity contribution in [2.45, 2.75) is 19.9 Å². The zero-order chi connectivity index (χ0) is 20.9. The summed E-state index contributed by atoms with van der Waals surface area (Å²) in [6.45, 7) is 3.08. The molecule has 1 aromatic carbocycles. The predicted molar refractivity (Wildman–Crippen MR) is 107 cm³/mol. The van der Waals surface area contributed by atoms with E-state index in [0.29, 0.717) is 41.6 Å². The van der Waals surface area contributed by atoms with Gasteiger partial charge in [-0.2, -0.15) is 5.10 Å². The van der Waals surface area contributed by atoms with E-state index >= 15 is 0 Å². The Morgan fingerprint density at radius 2 is 2.07 bits per heavy atom. The number of rotatable bonds is 7. The molecule has 8 nitrogen and oxygen atoms in total. The van der Waals surface area contributed by atoms with Crippen LogP contribution in [0.15, 0.2) is 59.4 Å². The van der Waals surface area contributed by atoms with Gasteiger partial charge in [0.1, 0.15) is 5.82 Å². The first-order chi connectivity index (χ1) is 14.6. The van der Waals surface area contributed by atoms with Gasteiger partial charge in [-0.1, -0.05) is 12.1 Å². The van der Waals surface area contributed by atoms with Crippen LogP contribution in [0.5, 0.6) is 0 Å². The van der Waals surface area contributed by atoms with Gasteiger partial charge in [0, 0.05) is 37.5 Å². The fraction of sp³-hybridized carbons (Fsp3) is 0.190. The fourth-order valence-corrected chi connectivity index (χ4v) is 2.85. The average molecular weight is 406 g/mol. The highest BCUT2D eigenvalue weighted by Crippen LogP contribution is 2.18. The van der Waals surface area contributed by atoms with Crippen molar-refractivity contribution in [1.82, 2.24) is 30.3 Å². The number of amides is 1. The average Bonchev–Trinajstić information content (AvgIpc) is 3.43. The highest BCUT2D eigenvalue weighted by molar-refractivity contribution is 5.94. The van der Waals surface area contributed by atoms with Crippen molar-refractivity contribution in [2.24, 2.45) is 0 Å². The maximum atomic E-state index is 13.3. The first kappa shape index (κ1) is 19.4. The van der Waals surface area contributed by atoms with E-state index in [1.807, 2.05) is 13.1 Å². The van der Waals surface area contributed by atoms with Crippen LogP contribution in [-0.4, -0.2) is 37.4 Å². The first-order valence-corrected chi connectivity index (χ1v) is 9.48. The Bertz CT molecular complexity index is 1150. The lowest BCUT2D eigenvalue weighted by molar-refractivity contribution is 0.0953. The zero-order valence-corrected chi connectivity index (χ0v) is 16.2. The van der Waals surface area contributed by atoms with Crippen LogP contribution < -0.4 is 5.32 Å². The Kier molecular flexibility index (Phi) is 5.60. The lowest BCUT2D eigenvalue weighted by Gasteiger charge is -2.05. The Labute approximate surface area is 171 Å². The van der Waals surface area contributed by atoms with Gasteiger partial charge in [-0.3, -0.25) is 14.5 Å². The summed E-state index contributed by atoms with van der Waals surface area (Å²) in [7, 11) is 0. The van der Waals surface area contributed by atoms with Crippen molar-refractivity contribution in [1.29, 1.82) is 0 Å². The van der Waals surface area contributed by atoms with E-state index < -0.39 is 0 Å². The van der Waals surface area contributed by atoms with Crippen LogP contribution in [0.4, 0.5) is 4.39 Å². The number of nitrogens with one attached hydrogen (secondary N) is 1. The fourth-order valence-electron chi connectivity index (χ4n) is 2.85. The van der Waals surface area contributed by atoms with E-state index in [-0.39, 0.29) is 11.7 Å². The molecule has 0 atom stereocenters. The molecule has 0 aliphatic heterocycles. The molecule has 0 spiro atoms. The summed E-state index contributed by atoms with van der Waals surface area (Å²) >= 11 is 0. The SMILES string of the molecule is CCn1cc(-c2nnc(CCNC(=O)c3ccc(-c4cccc(F)c4)nc3)o2)cn1. The number of aromatic nitrogens is 5. The van der Waals surface area contributed by atoms with E-state index in [0.717, 1.165) is 12.1 Å². The molecule has 0 saturated carbocycles.